The van der Waals surface area contributed by atoms with Crippen molar-refractivity contribution in [1.29, 1.82) is 0 Å². The van der Waals surface area contributed by atoms with Crippen molar-refractivity contribution in [2.75, 3.05) is 19.8 Å². The Morgan fingerprint density at radius 1 is 0.534 bits per heavy atom. The van der Waals surface area contributed by atoms with Crippen LogP contribution in [0, 0.1) is 0 Å². The summed E-state index contributed by atoms with van der Waals surface area (Å²) in [7, 11) is -5.01. The second kappa shape index (κ2) is 36.7. The zero-order chi connectivity index (χ0) is 42.7. The monoisotopic (exact) mass is 851 g/mol. The number of rotatable bonds is 40. The van der Waals surface area contributed by atoms with E-state index in [-0.39, 0.29) is 13.0 Å². The predicted octanol–water partition coefficient (Wildman–Crippen LogP) is 9.53. The van der Waals surface area contributed by atoms with E-state index in [2.05, 4.69) is 26.0 Å². The van der Waals surface area contributed by atoms with Crippen LogP contribution in [0.3, 0.4) is 0 Å². The van der Waals surface area contributed by atoms with Crippen LogP contribution in [-0.2, 0) is 27.9 Å². The number of aliphatic hydroxyl groups is 5. The molecule has 13 heteroatoms. The molecule has 6 unspecified atom stereocenters. The Balaban J connectivity index is 2.38. The summed E-state index contributed by atoms with van der Waals surface area (Å²) in [5, 5.41) is 50.2. The van der Waals surface area contributed by atoms with Gasteiger partial charge in [0, 0.05) is 13.0 Å². The minimum Gasteiger partial charge on any atom is -0.457 e. The van der Waals surface area contributed by atoms with Crippen LogP contribution in [0.4, 0.5) is 0 Å². The molecule has 0 saturated heterocycles. The van der Waals surface area contributed by atoms with E-state index in [0.29, 0.717) is 13.0 Å². The summed E-state index contributed by atoms with van der Waals surface area (Å²) in [5.41, 5.74) is 0. The molecule has 1 fully saturated rings. The third-order valence-electron chi connectivity index (χ3n) is 11.1. The number of allylic oxidation sites excluding steroid dienone is 2. The van der Waals surface area contributed by atoms with Crippen LogP contribution in [0.25, 0.3) is 0 Å². The second-order valence-corrected chi connectivity index (χ2v) is 18.0. The largest absolute Gasteiger partial charge is 0.472 e. The molecule has 12 nitrogen and oxygen atoms in total. The molecule has 344 valence electrons. The predicted molar refractivity (Wildman–Crippen MR) is 230 cm³/mol. The molecule has 1 rings (SSSR count). The molecule has 0 radical (unpaired) electrons. The zero-order valence-corrected chi connectivity index (χ0v) is 37.5. The number of esters is 1. The fourth-order valence-electron chi connectivity index (χ4n) is 7.35. The van der Waals surface area contributed by atoms with Crippen molar-refractivity contribution in [3.05, 3.63) is 12.2 Å². The molecule has 0 aliphatic heterocycles. The van der Waals surface area contributed by atoms with Gasteiger partial charge in [0.2, 0.25) is 0 Å². The minimum atomic E-state index is -5.01. The van der Waals surface area contributed by atoms with Gasteiger partial charge < -0.3 is 39.9 Å². The fraction of sp³-hybridized carbons (Fsp3) is 0.933. The number of hydrogen-bond acceptors (Lipinski definition) is 11. The van der Waals surface area contributed by atoms with E-state index in [1.54, 1.807) is 0 Å². The summed E-state index contributed by atoms with van der Waals surface area (Å²) < 4.78 is 34.2. The minimum absolute atomic E-state index is 0.0743. The third kappa shape index (κ3) is 28.6. The second-order valence-electron chi connectivity index (χ2n) is 16.6. The lowest BCUT2D eigenvalue weighted by Crippen LogP contribution is -2.64. The summed E-state index contributed by atoms with van der Waals surface area (Å²) >= 11 is 0. The van der Waals surface area contributed by atoms with Crippen LogP contribution >= 0.6 is 7.82 Å². The molecule has 6 atom stereocenters. The SMILES string of the molecule is CCCCCCC/C=C\CCCCCCCC(=O)OC(COCCCCCCCCCCCCCCCCCCC)COP(=O)(O)OC1C(O)C(O)C(O)C(O)C1O. The van der Waals surface area contributed by atoms with E-state index < -0.39 is 63.1 Å². The quantitative estimate of drug-likeness (QED) is 0.0148. The molecule has 0 heterocycles. The Morgan fingerprint density at radius 3 is 1.36 bits per heavy atom. The van der Waals surface area contributed by atoms with Crippen LogP contribution in [0.15, 0.2) is 12.2 Å². The highest BCUT2D eigenvalue weighted by molar-refractivity contribution is 7.47. The Hall–Kier alpha value is -0.920. The van der Waals surface area contributed by atoms with E-state index in [1.807, 2.05) is 0 Å². The van der Waals surface area contributed by atoms with E-state index in [4.69, 9.17) is 18.5 Å². The van der Waals surface area contributed by atoms with Crippen molar-refractivity contribution in [3.8, 4) is 0 Å². The van der Waals surface area contributed by atoms with E-state index in [0.717, 1.165) is 57.8 Å². The van der Waals surface area contributed by atoms with Gasteiger partial charge in [-0.3, -0.25) is 13.8 Å². The maximum absolute atomic E-state index is 12.8. The normalized spacial score (nSPS) is 22.7. The molecule has 0 aromatic heterocycles. The van der Waals surface area contributed by atoms with Crippen LogP contribution in [0.1, 0.15) is 206 Å². The van der Waals surface area contributed by atoms with Crippen LogP contribution < -0.4 is 0 Å². The molecule has 0 aromatic rings. The molecule has 6 N–H and O–H groups in total. The van der Waals surface area contributed by atoms with Gasteiger partial charge >= 0.3 is 13.8 Å². The first-order valence-electron chi connectivity index (χ1n) is 23.5. The number of hydrogen-bond donors (Lipinski definition) is 6. The first-order valence-corrected chi connectivity index (χ1v) is 25.0. The Labute approximate surface area is 352 Å². The fourth-order valence-corrected chi connectivity index (χ4v) is 8.32. The van der Waals surface area contributed by atoms with Crippen molar-refractivity contribution >= 4 is 13.8 Å². The number of phosphoric ester groups is 1. The molecule has 0 spiro atoms. The molecule has 1 saturated carbocycles. The molecule has 0 amide bonds. The number of aliphatic hydroxyl groups excluding tert-OH is 5. The highest BCUT2D eigenvalue weighted by Crippen LogP contribution is 2.47. The first-order chi connectivity index (χ1) is 28.0. The van der Waals surface area contributed by atoms with Gasteiger partial charge in [-0.1, -0.05) is 174 Å². The zero-order valence-electron chi connectivity index (χ0n) is 36.6. The topological polar surface area (TPSA) is 192 Å². The lowest BCUT2D eigenvalue weighted by atomic mass is 9.85. The number of ether oxygens (including phenoxy) is 2. The summed E-state index contributed by atoms with van der Waals surface area (Å²) in [6.07, 6.45) is 27.1. The standard InChI is InChI=1S/C45H87O12P/c1-3-5-7-9-11-13-15-17-19-20-21-23-25-27-29-31-33-35-54-36-38(37-55-58(52,53)57-45-43(50)41(48)40(47)42(49)44(45)51)56-39(46)34-32-30-28-26-24-22-18-16-14-12-10-8-6-4-2/h16,18,38,40-45,47-51H,3-15,17,19-37H2,1-2H3,(H,52,53)/b18-16-. The lowest BCUT2D eigenvalue weighted by molar-refractivity contribution is -0.220. The van der Waals surface area contributed by atoms with Crippen LogP contribution in [0.2, 0.25) is 0 Å². The smallest absolute Gasteiger partial charge is 0.457 e. The molecule has 1 aliphatic rings. The average molecular weight is 851 g/mol. The first kappa shape index (κ1) is 55.1. The summed E-state index contributed by atoms with van der Waals surface area (Å²) in [6, 6.07) is 0. The number of carbonyl (C=O) groups excluding carboxylic acids is 1. The Bertz CT molecular complexity index is 1020. The van der Waals surface area contributed by atoms with Crippen molar-refractivity contribution in [2.24, 2.45) is 0 Å². The summed E-state index contributed by atoms with van der Waals surface area (Å²) in [4.78, 5) is 23.1. The molecular weight excluding hydrogens is 763 g/mol. The van der Waals surface area contributed by atoms with E-state index >= 15 is 0 Å². The molecular formula is C45H87O12P. The van der Waals surface area contributed by atoms with Crippen molar-refractivity contribution in [2.45, 2.75) is 249 Å². The van der Waals surface area contributed by atoms with Gasteiger partial charge in [0.25, 0.3) is 0 Å². The summed E-state index contributed by atoms with van der Waals surface area (Å²) in [5.74, 6) is -0.482. The van der Waals surface area contributed by atoms with Gasteiger partial charge in [0.1, 0.15) is 42.7 Å². The third-order valence-corrected chi connectivity index (χ3v) is 12.1. The molecule has 58 heavy (non-hydrogen) atoms. The summed E-state index contributed by atoms with van der Waals surface area (Å²) in [6.45, 7) is 4.26. The van der Waals surface area contributed by atoms with Gasteiger partial charge in [0.15, 0.2) is 0 Å². The Morgan fingerprint density at radius 2 is 0.914 bits per heavy atom. The van der Waals surface area contributed by atoms with Gasteiger partial charge in [-0.25, -0.2) is 4.57 Å². The van der Waals surface area contributed by atoms with Crippen molar-refractivity contribution < 1.29 is 58.3 Å². The van der Waals surface area contributed by atoms with E-state index in [1.165, 1.54) is 122 Å². The van der Waals surface area contributed by atoms with Gasteiger partial charge in [0.05, 0.1) is 13.2 Å². The molecule has 0 bridgehead atoms. The van der Waals surface area contributed by atoms with Crippen LogP contribution in [0.5, 0.6) is 0 Å². The van der Waals surface area contributed by atoms with Gasteiger partial charge in [-0.15, -0.1) is 0 Å². The van der Waals surface area contributed by atoms with Crippen molar-refractivity contribution in [3.63, 3.8) is 0 Å². The number of phosphoric acid groups is 1. The molecule has 1 aliphatic carbocycles. The maximum Gasteiger partial charge on any atom is 0.472 e. The average Bonchev–Trinajstić information content (AvgIpc) is 3.21. The molecule has 0 aromatic carbocycles. The number of unbranched alkanes of at least 4 members (excludes halogenated alkanes) is 26. The van der Waals surface area contributed by atoms with E-state index in [9.17, 15) is 39.8 Å². The number of carbonyl (C=O) groups is 1. The van der Waals surface area contributed by atoms with Gasteiger partial charge in [-0.05, 0) is 38.5 Å². The highest BCUT2D eigenvalue weighted by atomic mass is 31.2. The Kier molecular flexibility index (Phi) is 34.9. The maximum atomic E-state index is 12.8. The lowest BCUT2D eigenvalue weighted by Gasteiger charge is -2.41. The highest BCUT2D eigenvalue weighted by Gasteiger charge is 2.51. The van der Waals surface area contributed by atoms with Gasteiger partial charge in [-0.2, -0.15) is 0 Å². The van der Waals surface area contributed by atoms with Crippen LogP contribution in [-0.4, -0.2) is 98.9 Å². The van der Waals surface area contributed by atoms with Crippen molar-refractivity contribution in [1.82, 2.24) is 0 Å².